The molecule has 100 valence electrons. The van der Waals surface area contributed by atoms with Gasteiger partial charge in [0.25, 0.3) is 0 Å². The predicted octanol–water partition coefficient (Wildman–Crippen LogP) is 3.88. The summed E-state index contributed by atoms with van der Waals surface area (Å²) in [4.78, 5) is 4.15. The van der Waals surface area contributed by atoms with Crippen molar-refractivity contribution in [2.75, 3.05) is 12.4 Å². The van der Waals surface area contributed by atoms with Gasteiger partial charge in [0.1, 0.15) is 5.75 Å². The summed E-state index contributed by atoms with van der Waals surface area (Å²) in [6.07, 6.45) is 3.68. The number of nitrogens with one attached hydrogen (secondary N) is 1. The Kier molecular flexibility index (Phi) is 4.05. The maximum absolute atomic E-state index is 5.45. The van der Waals surface area contributed by atoms with Gasteiger partial charge < -0.3 is 10.1 Å². The van der Waals surface area contributed by atoms with E-state index in [1.165, 1.54) is 5.56 Å². The van der Waals surface area contributed by atoms with E-state index in [4.69, 9.17) is 4.74 Å². The van der Waals surface area contributed by atoms with Crippen LogP contribution in [0.15, 0.2) is 36.7 Å². The van der Waals surface area contributed by atoms with Crippen molar-refractivity contribution in [1.82, 2.24) is 4.98 Å². The Balaban J connectivity index is 2.25. The molecule has 1 aromatic carbocycles. The fraction of sp³-hybridized carbons (Fsp3) is 0.312. The Morgan fingerprint density at radius 2 is 2.00 bits per heavy atom. The average molecular weight is 256 g/mol. The first-order valence-corrected chi connectivity index (χ1v) is 6.44. The quantitative estimate of drug-likeness (QED) is 0.901. The lowest BCUT2D eigenvalue weighted by Gasteiger charge is -2.19. The van der Waals surface area contributed by atoms with E-state index in [-0.39, 0.29) is 6.04 Å². The van der Waals surface area contributed by atoms with Crippen LogP contribution in [-0.4, -0.2) is 12.1 Å². The zero-order valence-corrected chi connectivity index (χ0v) is 11.9. The first-order valence-electron chi connectivity index (χ1n) is 6.44. The van der Waals surface area contributed by atoms with Gasteiger partial charge in [-0.1, -0.05) is 12.1 Å². The standard InChI is InChI=1S/C16H20N2O/c1-11-7-8-15(12(2)16(11)19-4)18-13(3)14-6-5-9-17-10-14/h5-10,13,18H,1-4H3. The van der Waals surface area contributed by atoms with Crippen molar-refractivity contribution in [3.05, 3.63) is 53.3 Å². The molecule has 0 aliphatic carbocycles. The molecule has 1 heterocycles. The van der Waals surface area contributed by atoms with E-state index >= 15 is 0 Å². The molecule has 3 heteroatoms. The zero-order valence-electron chi connectivity index (χ0n) is 11.9. The minimum Gasteiger partial charge on any atom is -0.496 e. The van der Waals surface area contributed by atoms with E-state index in [0.29, 0.717) is 0 Å². The molecule has 0 fully saturated rings. The van der Waals surface area contributed by atoms with Crippen molar-refractivity contribution in [1.29, 1.82) is 0 Å². The third-order valence-electron chi connectivity index (χ3n) is 3.36. The number of rotatable bonds is 4. The van der Waals surface area contributed by atoms with E-state index in [1.807, 2.05) is 12.3 Å². The molecule has 0 bridgehead atoms. The van der Waals surface area contributed by atoms with Gasteiger partial charge in [-0.15, -0.1) is 0 Å². The second-order valence-corrected chi connectivity index (χ2v) is 4.74. The average Bonchev–Trinajstić information content (AvgIpc) is 2.43. The van der Waals surface area contributed by atoms with Gasteiger partial charge in [0.05, 0.1) is 13.2 Å². The van der Waals surface area contributed by atoms with E-state index in [0.717, 1.165) is 22.6 Å². The number of benzene rings is 1. The highest BCUT2D eigenvalue weighted by atomic mass is 16.5. The lowest BCUT2D eigenvalue weighted by atomic mass is 10.1. The van der Waals surface area contributed by atoms with E-state index in [1.54, 1.807) is 13.3 Å². The Bertz CT molecular complexity index is 552. The Hall–Kier alpha value is -2.03. The number of pyridine rings is 1. The van der Waals surface area contributed by atoms with Gasteiger partial charge in [0.2, 0.25) is 0 Å². The molecular weight excluding hydrogens is 236 g/mol. The summed E-state index contributed by atoms with van der Waals surface area (Å²) in [5, 5.41) is 3.51. The summed E-state index contributed by atoms with van der Waals surface area (Å²) >= 11 is 0. The third kappa shape index (κ3) is 2.87. The SMILES string of the molecule is COc1c(C)ccc(NC(C)c2cccnc2)c1C. The molecule has 1 unspecified atom stereocenters. The topological polar surface area (TPSA) is 34.1 Å². The molecule has 3 nitrogen and oxygen atoms in total. The van der Waals surface area contributed by atoms with Gasteiger partial charge in [-0.25, -0.2) is 0 Å². The summed E-state index contributed by atoms with van der Waals surface area (Å²) in [5.74, 6) is 0.948. The van der Waals surface area contributed by atoms with Crippen LogP contribution in [0, 0.1) is 13.8 Å². The second-order valence-electron chi connectivity index (χ2n) is 4.74. The third-order valence-corrected chi connectivity index (χ3v) is 3.36. The fourth-order valence-corrected chi connectivity index (χ4v) is 2.25. The number of ether oxygens (including phenoxy) is 1. The summed E-state index contributed by atoms with van der Waals surface area (Å²) in [6.45, 7) is 6.26. The summed E-state index contributed by atoms with van der Waals surface area (Å²) in [7, 11) is 1.71. The molecule has 1 N–H and O–H groups in total. The molecule has 1 aromatic heterocycles. The van der Waals surface area contributed by atoms with E-state index < -0.39 is 0 Å². The van der Waals surface area contributed by atoms with Gasteiger partial charge in [-0.3, -0.25) is 4.98 Å². The largest absolute Gasteiger partial charge is 0.496 e. The maximum atomic E-state index is 5.45. The van der Waals surface area contributed by atoms with Gasteiger partial charge >= 0.3 is 0 Å². The molecule has 0 saturated carbocycles. The number of aryl methyl sites for hydroxylation is 1. The normalized spacial score (nSPS) is 12.0. The van der Waals surface area contributed by atoms with Gasteiger partial charge in [-0.2, -0.15) is 0 Å². The maximum Gasteiger partial charge on any atom is 0.126 e. The smallest absolute Gasteiger partial charge is 0.126 e. The molecule has 0 amide bonds. The monoisotopic (exact) mass is 256 g/mol. The van der Waals surface area contributed by atoms with Gasteiger partial charge in [0, 0.05) is 23.6 Å². The van der Waals surface area contributed by atoms with E-state index in [9.17, 15) is 0 Å². The number of anilines is 1. The summed E-state index contributed by atoms with van der Waals surface area (Å²) < 4.78 is 5.45. The van der Waals surface area contributed by atoms with Gasteiger partial charge in [0.15, 0.2) is 0 Å². The number of hydrogen-bond acceptors (Lipinski definition) is 3. The molecule has 19 heavy (non-hydrogen) atoms. The van der Waals surface area contributed by atoms with Crippen LogP contribution in [0.2, 0.25) is 0 Å². The van der Waals surface area contributed by atoms with Crippen molar-refractivity contribution in [3.63, 3.8) is 0 Å². The van der Waals surface area contributed by atoms with Crippen LogP contribution in [0.1, 0.15) is 29.7 Å². The highest BCUT2D eigenvalue weighted by Gasteiger charge is 2.11. The van der Waals surface area contributed by atoms with Crippen LogP contribution in [0.4, 0.5) is 5.69 Å². The van der Waals surface area contributed by atoms with Crippen LogP contribution < -0.4 is 10.1 Å². The van der Waals surface area contributed by atoms with Gasteiger partial charge in [-0.05, 0) is 44.0 Å². The van der Waals surface area contributed by atoms with E-state index in [2.05, 4.69) is 49.3 Å². The molecule has 0 aliphatic heterocycles. The van der Waals surface area contributed by atoms with Crippen LogP contribution in [0.5, 0.6) is 5.75 Å². The van der Waals surface area contributed by atoms with Crippen LogP contribution in [0.25, 0.3) is 0 Å². The van der Waals surface area contributed by atoms with Crippen molar-refractivity contribution in [2.24, 2.45) is 0 Å². The first-order chi connectivity index (χ1) is 9.13. The molecule has 2 rings (SSSR count). The van der Waals surface area contributed by atoms with Crippen molar-refractivity contribution < 1.29 is 4.74 Å². The molecule has 0 radical (unpaired) electrons. The fourth-order valence-electron chi connectivity index (χ4n) is 2.25. The molecule has 0 spiro atoms. The molecule has 0 saturated heterocycles. The lowest BCUT2D eigenvalue weighted by Crippen LogP contribution is -2.08. The number of methoxy groups -OCH3 is 1. The van der Waals surface area contributed by atoms with Crippen molar-refractivity contribution in [3.8, 4) is 5.75 Å². The second kappa shape index (κ2) is 5.74. The summed E-state index contributed by atoms with van der Waals surface area (Å²) in [5.41, 5.74) is 4.55. The Morgan fingerprint density at radius 3 is 2.63 bits per heavy atom. The number of hydrogen-bond donors (Lipinski definition) is 1. The minimum atomic E-state index is 0.208. The molecular formula is C16H20N2O. The van der Waals surface area contributed by atoms with Crippen LogP contribution in [-0.2, 0) is 0 Å². The lowest BCUT2D eigenvalue weighted by molar-refractivity contribution is 0.409. The van der Waals surface area contributed by atoms with Crippen molar-refractivity contribution >= 4 is 5.69 Å². The first kappa shape index (κ1) is 13.4. The molecule has 1 atom stereocenters. The summed E-state index contributed by atoms with van der Waals surface area (Å²) in [6, 6.07) is 8.41. The Morgan fingerprint density at radius 1 is 1.21 bits per heavy atom. The van der Waals surface area contributed by atoms with Crippen LogP contribution >= 0.6 is 0 Å². The highest BCUT2D eigenvalue weighted by molar-refractivity contribution is 5.60. The molecule has 2 aromatic rings. The zero-order chi connectivity index (χ0) is 13.8. The Labute approximate surface area is 114 Å². The van der Waals surface area contributed by atoms with Crippen LogP contribution in [0.3, 0.4) is 0 Å². The highest BCUT2D eigenvalue weighted by Crippen LogP contribution is 2.31. The predicted molar refractivity (Wildman–Crippen MR) is 78.7 cm³/mol. The minimum absolute atomic E-state index is 0.208. The number of nitrogens with zero attached hydrogens (tertiary/aromatic N) is 1. The molecule has 0 aliphatic rings. The number of aromatic nitrogens is 1. The van der Waals surface area contributed by atoms with Crippen molar-refractivity contribution in [2.45, 2.75) is 26.8 Å².